The number of nitrogens with zero attached hydrogens (tertiary/aromatic N) is 3. The number of hydrogen-bond acceptors (Lipinski definition) is 7. The van der Waals surface area contributed by atoms with Crippen LogP contribution in [0.4, 0.5) is 4.79 Å². The van der Waals surface area contributed by atoms with Crippen LogP contribution in [0, 0.1) is 0 Å². The van der Waals surface area contributed by atoms with Crippen molar-refractivity contribution in [3.63, 3.8) is 0 Å². The molecule has 194 valence electrons. The second-order valence-electron chi connectivity index (χ2n) is 8.00. The van der Waals surface area contributed by atoms with Gasteiger partial charge in [0.2, 0.25) is 0 Å². The molecule has 4 aromatic rings. The van der Waals surface area contributed by atoms with E-state index in [1.807, 2.05) is 12.1 Å². The van der Waals surface area contributed by atoms with Gasteiger partial charge in [-0.2, -0.15) is 0 Å². The second-order valence-corrected chi connectivity index (χ2v) is 11.1. The molecule has 0 spiro atoms. The average molecular weight is 673 g/mol. The van der Waals surface area contributed by atoms with Gasteiger partial charge >= 0.3 is 16.7 Å². The smallest absolute Gasteiger partial charge is 0.407 e. The number of halogens is 3. The van der Waals surface area contributed by atoms with Crippen LogP contribution >= 0.6 is 55.0 Å². The third-order valence-electron chi connectivity index (χ3n) is 5.41. The van der Waals surface area contributed by atoms with Gasteiger partial charge in [-0.25, -0.2) is 23.1 Å². The zero-order valence-corrected chi connectivity index (χ0v) is 24.0. The van der Waals surface area contributed by atoms with Crippen molar-refractivity contribution in [2.45, 2.75) is 32.7 Å². The summed E-state index contributed by atoms with van der Waals surface area (Å²) in [5.41, 5.74) is 2.14. The molecule has 4 rings (SSSR count). The third-order valence-corrected chi connectivity index (χ3v) is 7.88. The number of carbonyl (C=O) groups excluding carboxylic acids is 1. The van der Waals surface area contributed by atoms with Gasteiger partial charge in [0.1, 0.15) is 12.1 Å². The molecule has 9 nitrogen and oxygen atoms in total. The highest BCUT2D eigenvalue weighted by molar-refractivity contribution is 9.11. The van der Waals surface area contributed by atoms with Crippen LogP contribution in [-0.2, 0) is 31.0 Å². The number of pyridine rings is 1. The van der Waals surface area contributed by atoms with Gasteiger partial charge in [-0.3, -0.25) is 4.79 Å². The molecule has 37 heavy (non-hydrogen) atoms. The highest BCUT2D eigenvalue weighted by Gasteiger charge is 2.13. The van der Waals surface area contributed by atoms with Gasteiger partial charge in [0.05, 0.1) is 16.7 Å². The summed E-state index contributed by atoms with van der Waals surface area (Å²) in [6, 6.07) is 12.5. The van der Waals surface area contributed by atoms with Crippen molar-refractivity contribution in [2.24, 2.45) is 0 Å². The van der Waals surface area contributed by atoms with E-state index in [-0.39, 0.29) is 36.0 Å². The highest BCUT2D eigenvalue weighted by atomic mass is 79.9. The number of benzene rings is 2. The van der Waals surface area contributed by atoms with E-state index in [1.54, 1.807) is 30.3 Å². The van der Waals surface area contributed by atoms with Gasteiger partial charge in [0.25, 0.3) is 0 Å². The molecule has 2 aromatic carbocycles. The fraction of sp³-hybridized carbons (Fsp3) is 0.250. The summed E-state index contributed by atoms with van der Waals surface area (Å²) in [6.45, 7) is 0.751. The predicted molar refractivity (Wildman–Crippen MR) is 150 cm³/mol. The number of ether oxygens (including phenoxy) is 1. The lowest BCUT2D eigenvalue weighted by Crippen LogP contribution is -2.29. The zero-order chi connectivity index (χ0) is 26.5. The first-order valence-corrected chi connectivity index (χ1v) is 14.0. The van der Waals surface area contributed by atoms with Crippen molar-refractivity contribution < 1.29 is 14.6 Å². The quantitative estimate of drug-likeness (QED) is 0.243. The number of hydrogen-bond donors (Lipinski definition) is 2. The molecule has 0 unspecified atom stereocenters. The van der Waals surface area contributed by atoms with Crippen LogP contribution in [0.1, 0.15) is 23.2 Å². The standard InChI is InChI=1S/C24H21Br2ClN4O5S/c25-18-10-19(26)21(32)20-17(18)7-6-16(29-20)13-36-22(33)28-11-14-2-4-15(5-3-14)12-30-23(34)31(9-1-8-27)37-24(30)35/h2-7,10,32H,1,8-9,11-13H2,(H,28,33). The molecule has 0 aliphatic rings. The van der Waals surface area contributed by atoms with E-state index in [9.17, 15) is 19.5 Å². The Balaban J connectivity index is 1.31. The monoisotopic (exact) mass is 670 g/mol. The number of rotatable bonds is 9. The van der Waals surface area contributed by atoms with E-state index in [0.29, 0.717) is 34.5 Å². The Morgan fingerprint density at radius 1 is 1.11 bits per heavy atom. The predicted octanol–water partition coefficient (Wildman–Crippen LogP) is 4.95. The maximum Gasteiger partial charge on any atom is 0.407 e. The lowest BCUT2D eigenvalue weighted by Gasteiger charge is -2.10. The topological polar surface area (TPSA) is 115 Å². The first kappa shape index (κ1) is 27.4. The molecular formula is C24H21Br2ClN4O5S. The van der Waals surface area contributed by atoms with E-state index in [1.165, 1.54) is 8.52 Å². The Kier molecular flexibility index (Phi) is 9.06. The average Bonchev–Trinajstić information content (AvgIpc) is 3.16. The van der Waals surface area contributed by atoms with Gasteiger partial charge in [0.15, 0.2) is 5.75 Å². The van der Waals surface area contributed by atoms with E-state index in [2.05, 4.69) is 42.2 Å². The lowest BCUT2D eigenvalue weighted by molar-refractivity contribution is 0.138. The van der Waals surface area contributed by atoms with Crippen molar-refractivity contribution in [3.05, 3.63) is 88.4 Å². The Labute approximate surface area is 237 Å². The Bertz CT molecular complexity index is 1550. The molecule has 13 heteroatoms. The van der Waals surface area contributed by atoms with Gasteiger partial charge in [0, 0.05) is 40.4 Å². The molecule has 0 aliphatic heterocycles. The Morgan fingerprint density at radius 2 is 1.84 bits per heavy atom. The molecule has 2 aromatic heterocycles. The maximum atomic E-state index is 12.4. The minimum atomic E-state index is -0.618. The molecule has 0 atom stereocenters. The van der Waals surface area contributed by atoms with Gasteiger partial charge in [-0.1, -0.05) is 40.2 Å². The van der Waals surface area contributed by atoms with E-state index in [4.69, 9.17) is 16.3 Å². The van der Waals surface area contributed by atoms with Crippen molar-refractivity contribution in [1.82, 2.24) is 18.8 Å². The van der Waals surface area contributed by atoms with Crippen LogP contribution in [0.5, 0.6) is 5.75 Å². The minimum absolute atomic E-state index is 0.00816. The number of phenolic OH excluding ortho intramolecular Hbond substituents is 1. The summed E-state index contributed by atoms with van der Waals surface area (Å²) >= 11 is 13.3. The van der Waals surface area contributed by atoms with Gasteiger partial charge in [-0.15, -0.1) is 11.6 Å². The van der Waals surface area contributed by atoms with Gasteiger partial charge < -0.3 is 15.2 Å². The molecular weight excluding hydrogens is 652 g/mol. The van der Waals surface area contributed by atoms with Crippen LogP contribution in [0.2, 0.25) is 0 Å². The normalized spacial score (nSPS) is 11.1. The molecule has 2 N–H and O–H groups in total. The van der Waals surface area contributed by atoms with Crippen LogP contribution < -0.4 is 15.9 Å². The summed E-state index contributed by atoms with van der Waals surface area (Å²) in [5.74, 6) is 0.428. The van der Waals surface area contributed by atoms with Crippen LogP contribution in [-0.4, -0.2) is 30.6 Å². The Hall–Kier alpha value is -2.67. The number of aryl methyl sites for hydroxylation is 1. The fourth-order valence-corrected chi connectivity index (χ4v) is 5.72. The summed E-state index contributed by atoms with van der Waals surface area (Å²) in [5, 5.41) is 13.7. The molecule has 2 heterocycles. The number of fused-ring (bicyclic) bond motifs is 1. The summed E-state index contributed by atoms with van der Waals surface area (Å²) < 4.78 is 9.15. The number of alkyl halides is 1. The number of amides is 1. The third kappa shape index (κ3) is 6.61. The summed E-state index contributed by atoms with van der Waals surface area (Å²) in [6.07, 6.45) is -0.00269. The summed E-state index contributed by atoms with van der Waals surface area (Å²) in [7, 11) is 0. The number of carbonyl (C=O) groups is 1. The van der Waals surface area contributed by atoms with E-state index in [0.717, 1.165) is 32.5 Å². The first-order valence-electron chi connectivity index (χ1n) is 11.1. The zero-order valence-electron chi connectivity index (χ0n) is 19.2. The largest absolute Gasteiger partial charge is 0.505 e. The van der Waals surface area contributed by atoms with Crippen molar-refractivity contribution in [1.29, 1.82) is 0 Å². The van der Waals surface area contributed by atoms with Crippen molar-refractivity contribution in [2.75, 3.05) is 5.88 Å². The van der Waals surface area contributed by atoms with E-state index < -0.39 is 6.09 Å². The SMILES string of the molecule is O=C(NCc1ccc(Cn2c(=O)sn(CCCCl)c2=O)cc1)OCc1ccc2c(Br)cc(Br)c(O)c2n1. The highest BCUT2D eigenvalue weighted by Crippen LogP contribution is 2.36. The number of aromatic nitrogens is 3. The second kappa shape index (κ2) is 12.2. The molecule has 0 radical (unpaired) electrons. The van der Waals surface area contributed by atoms with Crippen LogP contribution in [0.3, 0.4) is 0 Å². The molecule has 0 bridgehead atoms. The number of alkyl carbamates (subject to hydrolysis) is 1. The van der Waals surface area contributed by atoms with E-state index >= 15 is 0 Å². The Morgan fingerprint density at radius 3 is 2.57 bits per heavy atom. The molecule has 0 saturated heterocycles. The number of phenols is 1. The molecule has 0 aliphatic carbocycles. The maximum absolute atomic E-state index is 12.4. The fourth-order valence-electron chi connectivity index (χ4n) is 3.51. The lowest BCUT2D eigenvalue weighted by atomic mass is 10.1. The molecule has 0 fully saturated rings. The number of aromatic hydroxyl groups is 1. The molecule has 0 saturated carbocycles. The first-order chi connectivity index (χ1) is 17.8. The summed E-state index contributed by atoms with van der Waals surface area (Å²) in [4.78, 5) is 40.9. The minimum Gasteiger partial charge on any atom is -0.505 e. The van der Waals surface area contributed by atoms with Crippen LogP contribution in [0.15, 0.2) is 61.0 Å². The van der Waals surface area contributed by atoms with Crippen LogP contribution in [0.25, 0.3) is 10.9 Å². The number of nitrogens with one attached hydrogen (secondary N) is 1. The van der Waals surface area contributed by atoms with Crippen molar-refractivity contribution in [3.8, 4) is 5.75 Å². The van der Waals surface area contributed by atoms with Crippen molar-refractivity contribution >= 4 is 72.0 Å². The molecule has 1 amide bonds. The van der Waals surface area contributed by atoms with Gasteiger partial charge in [-0.05, 0) is 51.7 Å².